The van der Waals surface area contributed by atoms with Crippen LogP contribution in [0.1, 0.15) is 115 Å². The molecule has 1 aliphatic carbocycles. The maximum atomic E-state index is 12.2. The van der Waals surface area contributed by atoms with Gasteiger partial charge in [-0.2, -0.15) is 0 Å². The Bertz CT molecular complexity index is 1120. The number of carboxylic acid groups (broad SMARTS) is 1. The Morgan fingerprint density at radius 3 is 2.33 bits per heavy atom. The second-order valence-corrected chi connectivity index (χ2v) is 13.6. The number of aliphatic carboxylic acids is 1. The molecule has 6 atom stereocenters. The van der Waals surface area contributed by atoms with E-state index in [0.717, 1.165) is 74.7 Å². The minimum absolute atomic E-state index is 0.0197. The van der Waals surface area contributed by atoms with Crippen LogP contribution in [0.25, 0.3) is 11.3 Å². The molecule has 0 amide bonds. The van der Waals surface area contributed by atoms with E-state index in [9.17, 15) is 30.3 Å². The zero-order valence-corrected chi connectivity index (χ0v) is 27.7. The number of nitrogens with one attached hydrogen (secondary N) is 2. The van der Waals surface area contributed by atoms with Crippen molar-refractivity contribution in [3.63, 3.8) is 0 Å². The summed E-state index contributed by atoms with van der Waals surface area (Å²) in [4.78, 5) is 15.7. The van der Waals surface area contributed by atoms with Gasteiger partial charge in [-0.1, -0.05) is 83.3 Å². The van der Waals surface area contributed by atoms with Gasteiger partial charge in [-0.05, 0) is 82.2 Å². The predicted molar refractivity (Wildman–Crippen MR) is 180 cm³/mol. The SMILES string of the molecule is CCCCCCCC(O)CCCCCCC(C(=O)O)C(O)CC(CNC)C1(O)CCCC1Cc1ccc(-c2cccc(O)c2)[nH]1. The fourth-order valence-corrected chi connectivity index (χ4v) is 7.44. The standard InChI is InChI=1S/C37H60N2O6/c1-3-4-5-6-9-16-31(40)17-10-7-8-11-19-33(36(43)44)35(42)25-29(26-38-2)37(45)22-13-15-28(37)24-30-20-21-34(39-30)27-14-12-18-32(41)23-27/h12,14,18,20-21,23,28-29,31,33,35,38-42,45H,3-11,13,15-17,19,22,24-26H2,1-2H3,(H,43,44). The van der Waals surface area contributed by atoms with Gasteiger partial charge in [-0.25, -0.2) is 0 Å². The van der Waals surface area contributed by atoms with Gasteiger partial charge in [-0.3, -0.25) is 4.79 Å². The van der Waals surface area contributed by atoms with Crippen molar-refractivity contribution >= 4 is 5.97 Å². The van der Waals surface area contributed by atoms with E-state index >= 15 is 0 Å². The monoisotopic (exact) mass is 628 g/mol. The number of aromatic amines is 1. The highest BCUT2D eigenvalue weighted by Gasteiger charge is 2.48. The number of aliphatic hydroxyl groups is 3. The lowest BCUT2D eigenvalue weighted by molar-refractivity contribution is -0.147. The summed E-state index contributed by atoms with van der Waals surface area (Å²) in [5.41, 5.74) is 1.79. The first-order valence-corrected chi connectivity index (χ1v) is 17.6. The molecule has 3 rings (SSSR count). The molecule has 1 aliphatic rings. The molecule has 7 N–H and O–H groups in total. The molecule has 1 saturated carbocycles. The normalized spacial score (nSPS) is 21.0. The summed E-state index contributed by atoms with van der Waals surface area (Å²) >= 11 is 0. The van der Waals surface area contributed by atoms with E-state index in [4.69, 9.17) is 0 Å². The first-order chi connectivity index (χ1) is 21.7. The van der Waals surface area contributed by atoms with Crippen molar-refractivity contribution in [1.82, 2.24) is 10.3 Å². The Kier molecular flexibility index (Phi) is 15.9. The van der Waals surface area contributed by atoms with Crippen molar-refractivity contribution in [2.45, 2.75) is 134 Å². The van der Waals surface area contributed by atoms with Crippen LogP contribution in [0.2, 0.25) is 0 Å². The Morgan fingerprint density at radius 1 is 1.00 bits per heavy atom. The smallest absolute Gasteiger partial charge is 0.309 e. The van der Waals surface area contributed by atoms with E-state index in [1.54, 1.807) is 12.1 Å². The molecule has 0 bridgehead atoms. The average Bonchev–Trinajstić information content (AvgIpc) is 3.63. The summed E-state index contributed by atoms with van der Waals surface area (Å²) < 4.78 is 0. The Labute approximate surface area is 270 Å². The molecule has 1 aromatic heterocycles. The van der Waals surface area contributed by atoms with Crippen molar-refractivity contribution in [1.29, 1.82) is 0 Å². The largest absolute Gasteiger partial charge is 0.508 e. The number of aromatic hydroxyl groups is 1. The Morgan fingerprint density at radius 2 is 1.69 bits per heavy atom. The molecule has 45 heavy (non-hydrogen) atoms. The molecular weight excluding hydrogens is 568 g/mol. The number of benzene rings is 1. The summed E-state index contributed by atoms with van der Waals surface area (Å²) in [6.45, 7) is 2.70. The van der Waals surface area contributed by atoms with E-state index in [2.05, 4.69) is 17.2 Å². The van der Waals surface area contributed by atoms with Crippen LogP contribution in [-0.4, -0.2) is 67.9 Å². The molecule has 1 fully saturated rings. The van der Waals surface area contributed by atoms with Crippen LogP contribution in [0, 0.1) is 17.8 Å². The minimum Gasteiger partial charge on any atom is -0.508 e. The third kappa shape index (κ3) is 11.7. The third-order valence-electron chi connectivity index (χ3n) is 10.1. The van der Waals surface area contributed by atoms with Gasteiger partial charge >= 0.3 is 5.97 Å². The molecule has 8 nitrogen and oxygen atoms in total. The molecule has 0 spiro atoms. The van der Waals surface area contributed by atoms with Crippen LogP contribution in [0.5, 0.6) is 5.75 Å². The number of carbonyl (C=O) groups is 1. The number of rotatable bonds is 23. The number of aromatic nitrogens is 1. The van der Waals surface area contributed by atoms with E-state index < -0.39 is 23.6 Å². The van der Waals surface area contributed by atoms with Crippen LogP contribution in [-0.2, 0) is 11.2 Å². The first-order valence-electron chi connectivity index (χ1n) is 17.6. The lowest BCUT2D eigenvalue weighted by Gasteiger charge is -2.39. The van der Waals surface area contributed by atoms with Crippen molar-refractivity contribution < 1.29 is 30.3 Å². The van der Waals surface area contributed by atoms with Gasteiger partial charge in [0.05, 0.1) is 23.7 Å². The van der Waals surface area contributed by atoms with Gasteiger partial charge in [0.1, 0.15) is 5.75 Å². The third-order valence-corrected chi connectivity index (χ3v) is 10.1. The zero-order valence-electron chi connectivity index (χ0n) is 27.7. The summed E-state index contributed by atoms with van der Waals surface area (Å²) in [5, 5.41) is 56.6. The lowest BCUT2D eigenvalue weighted by Crippen LogP contribution is -2.48. The number of H-pyrrole nitrogens is 1. The number of hydrogen-bond acceptors (Lipinski definition) is 6. The lowest BCUT2D eigenvalue weighted by atomic mass is 9.73. The zero-order chi connectivity index (χ0) is 32.7. The van der Waals surface area contributed by atoms with Crippen LogP contribution in [0.3, 0.4) is 0 Å². The number of phenolic OH excluding ortho intramolecular Hbond substituents is 1. The van der Waals surface area contributed by atoms with Gasteiger partial charge in [0.25, 0.3) is 0 Å². The first kappa shape index (κ1) is 37.1. The Balaban J connectivity index is 1.50. The van der Waals surface area contributed by atoms with Crippen LogP contribution >= 0.6 is 0 Å². The summed E-state index contributed by atoms with van der Waals surface area (Å²) in [6.07, 6.45) is 13.5. The van der Waals surface area contributed by atoms with E-state index in [-0.39, 0.29) is 30.1 Å². The van der Waals surface area contributed by atoms with Crippen molar-refractivity contribution in [2.24, 2.45) is 17.8 Å². The van der Waals surface area contributed by atoms with Crippen LogP contribution in [0.4, 0.5) is 0 Å². The minimum atomic E-state index is -1.04. The van der Waals surface area contributed by atoms with E-state index in [1.165, 1.54) is 25.7 Å². The summed E-state index contributed by atoms with van der Waals surface area (Å²) in [7, 11) is 1.83. The van der Waals surface area contributed by atoms with Gasteiger partial charge in [0, 0.05) is 29.4 Å². The molecule has 1 aromatic carbocycles. The fourth-order valence-electron chi connectivity index (χ4n) is 7.44. The highest BCUT2D eigenvalue weighted by molar-refractivity contribution is 5.70. The van der Waals surface area contributed by atoms with Crippen LogP contribution < -0.4 is 5.32 Å². The molecule has 0 radical (unpaired) electrons. The van der Waals surface area contributed by atoms with E-state index in [0.29, 0.717) is 25.8 Å². The van der Waals surface area contributed by atoms with Gasteiger partial charge in [0.2, 0.25) is 0 Å². The predicted octanol–water partition coefficient (Wildman–Crippen LogP) is 6.81. The molecule has 0 aliphatic heterocycles. The molecule has 2 aromatic rings. The number of hydrogen-bond donors (Lipinski definition) is 7. The van der Waals surface area contributed by atoms with Crippen molar-refractivity contribution in [3.8, 4) is 17.0 Å². The fraction of sp³-hybridized carbons (Fsp3) is 0.703. The maximum absolute atomic E-state index is 12.2. The summed E-state index contributed by atoms with van der Waals surface area (Å²) in [6, 6.07) is 11.1. The van der Waals surface area contributed by atoms with Gasteiger partial charge in [0.15, 0.2) is 0 Å². The van der Waals surface area contributed by atoms with Gasteiger partial charge in [-0.15, -0.1) is 0 Å². The topological polar surface area (TPSA) is 146 Å². The molecule has 1 heterocycles. The number of aliphatic hydroxyl groups excluding tert-OH is 2. The molecule has 6 unspecified atom stereocenters. The second kappa shape index (κ2) is 19.3. The van der Waals surface area contributed by atoms with Crippen molar-refractivity contribution in [2.75, 3.05) is 13.6 Å². The second-order valence-electron chi connectivity index (χ2n) is 13.6. The Hall–Kier alpha value is -2.39. The molecule has 0 saturated heterocycles. The molecular formula is C37H60N2O6. The molecule has 8 heteroatoms. The number of carboxylic acids is 1. The number of phenols is 1. The summed E-state index contributed by atoms with van der Waals surface area (Å²) in [5.74, 6) is -1.94. The number of unbranched alkanes of at least 4 members (excludes halogenated alkanes) is 7. The quantitative estimate of drug-likeness (QED) is 0.0669. The van der Waals surface area contributed by atoms with Crippen molar-refractivity contribution in [3.05, 3.63) is 42.1 Å². The highest BCUT2D eigenvalue weighted by atomic mass is 16.4. The maximum Gasteiger partial charge on any atom is 0.309 e. The van der Waals surface area contributed by atoms with Crippen LogP contribution in [0.15, 0.2) is 36.4 Å². The highest BCUT2D eigenvalue weighted by Crippen LogP contribution is 2.45. The van der Waals surface area contributed by atoms with E-state index in [1.807, 2.05) is 31.3 Å². The molecule has 254 valence electrons. The average molecular weight is 629 g/mol. The van der Waals surface area contributed by atoms with Gasteiger partial charge < -0.3 is 35.8 Å².